The molecule has 5 N–H and O–H groups in total. The first-order valence-electron chi connectivity index (χ1n) is 13.3. The molecule has 39 heavy (non-hydrogen) atoms. The van der Waals surface area contributed by atoms with E-state index in [1.54, 1.807) is 0 Å². The summed E-state index contributed by atoms with van der Waals surface area (Å²) in [5.41, 5.74) is -2.24. The van der Waals surface area contributed by atoms with Crippen LogP contribution in [-0.4, -0.2) is 85.8 Å². The van der Waals surface area contributed by atoms with Crippen molar-refractivity contribution in [3.05, 3.63) is 0 Å². The number of piperazine rings is 1. The van der Waals surface area contributed by atoms with Gasteiger partial charge in [-0.05, 0) is 48.3 Å². The number of carboxylic acid groups (broad SMARTS) is 1. The quantitative estimate of drug-likeness (QED) is 0.285. The molecule has 0 radical (unpaired) electrons. The van der Waals surface area contributed by atoms with Gasteiger partial charge in [0.1, 0.15) is 17.6 Å². The van der Waals surface area contributed by atoms with Crippen LogP contribution in [0.4, 0.5) is 0 Å². The lowest BCUT2D eigenvalue weighted by Gasteiger charge is -2.35. The Morgan fingerprint density at radius 3 is 1.44 bits per heavy atom. The van der Waals surface area contributed by atoms with E-state index in [0.29, 0.717) is 32.2 Å². The second-order valence-electron chi connectivity index (χ2n) is 12.8. The molecule has 4 bridgehead atoms. The second kappa shape index (κ2) is 10.8. The van der Waals surface area contributed by atoms with Gasteiger partial charge in [0.05, 0.1) is 22.3 Å². The number of fused-ring (bicyclic) bond motifs is 4. The highest BCUT2D eigenvalue weighted by Gasteiger charge is 2.66. The van der Waals surface area contributed by atoms with Gasteiger partial charge in [0, 0.05) is 32.5 Å². The SMILES string of the molecule is CC1(C)C2CC[C@@]1(CS(=O)(=O)O)C(=O)C2.CC1(C)C2CC[C@@]1(CS(=O)(=O)O)C(=O)C2.O=C(O)[C@@H]1CNCCN1. The zero-order valence-electron chi connectivity index (χ0n) is 23.0. The molecule has 5 aliphatic rings. The number of Topliss-reactive ketones (excluding diaryl/α,β-unsaturated/α-hetero) is 2. The number of hydrogen-bond donors (Lipinski definition) is 5. The lowest BCUT2D eigenvalue weighted by Crippen LogP contribution is -2.52. The number of ketones is 2. The predicted octanol–water partition coefficient (Wildman–Crippen LogP) is 1.17. The maximum absolute atomic E-state index is 11.9. The molecule has 5 atom stereocenters. The molecule has 1 aliphatic heterocycles. The zero-order valence-corrected chi connectivity index (χ0v) is 24.7. The molecule has 224 valence electrons. The Kier molecular flexibility index (Phi) is 8.84. The first-order chi connectivity index (χ1) is 17.7. The number of carboxylic acids is 1. The first kappa shape index (κ1) is 32.1. The van der Waals surface area contributed by atoms with E-state index in [9.17, 15) is 31.2 Å². The molecule has 5 rings (SSSR count). The van der Waals surface area contributed by atoms with E-state index in [0.717, 1.165) is 25.9 Å². The smallest absolute Gasteiger partial charge is 0.322 e. The van der Waals surface area contributed by atoms with E-state index in [1.807, 2.05) is 27.7 Å². The van der Waals surface area contributed by atoms with Crippen LogP contribution in [-0.2, 0) is 34.6 Å². The number of rotatable bonds is 5. The van der Waals surface area contributed by atoms with Crippen LogP contribution in [0.2, 0.25) is 0 Å². The second-order valence-corrected chi connectivity index (χ2v) is 15.7. The van der Waals surface area contributed by atoms with Crippen LogP contribution in [0.1, 0.15) is 66.2 Å². The predicted molar refractivity (Wildman–Crippen MR) is 142 cm³/mol. The van der Waals surface area contributed by atoms with Gasteiger partial charge in [-0.1, -0.05) is 27.7 Å². The molecule has 1 heterocycles. The van der Waals surface area contributed by atoms with Crippen molar-refractivity contribution in [2.75, 3.05) is 31.1 Å². The summed E-state index contributed by atoms with van der Waals surface area (Å²) in [7, 11) is -8.15. The minimum atomic E-state index is -4.08. The van der Waals surface area contributed by atoms with Crippen LogP contribution in [0, 0.1) is 33.5 Å². The molecule has 4 saturated carbocycles. The number of nitrogens with one attached hydrogen (secondary N) is 2. The largest absolute Gasteiger partial charge is 0.480 e. The monoisotopic (exact) mass is 594 g/mol. The summed E-state index contributed by atoms with van der Waals surface area (Å²) in [5.74, 6) is -0.978. The minimum absolute atomic E-state index is 0.0152. The summed E-state index contributed by atoms with van der Waals surface area (Å²) in [6.07, 6.45) is 3.94. The molecule has 0 spiro atoms. The fourth-order valence-electron chi connectivity index (χ4n) is 7.67. The summed E-state index contributed by atoms with van der Waals surface area (Å²) in [6, 6.07) is -0.390. The summed E-state index contributed by atoms with van der Waals surface area (Å²) < 4.78 is 62.0. The Hall–Kier alpha value is -1.45. The highest BCUT2D eigenvalue weighted by Crippen LogP contribution is 2.65. The van der Waals surface area contributed by atoms with Gasteiger partial charge in [0.25, 0.3) is 20.2 Å². The van der Waals surface area contributed by atoms with E-state index in [2.05, 4.69) is 10.6 Å². The van der Waals surface area contributed by atoms with Crippen LogP contribution in [0.15, 0.2) is 0 Å². The number of hydrogen-bond acceptors (Lipinski definition) is 9. The maximum Gasteiger partial charge on any atom is 0.322 e. The van der Waals surface area contributed by atoms with Gasteiger partial charge in [-0.15, -0.1) is 0 Å². The molecule has 0 aromatic rings. The van der Waals surface area contributed by atoms with Crippen LogP contribution in [0.3, 0.4) is 0 Å². The first-order valence-corrected chi connectivity index (χ1v) is 16.5. The zero-order chi connectivity index (χ0) is 29.7. The Bertz CT molecular complexity index is 1130. The highest BCUT2D eigenvalue weighted by atomic mass is 32.2. The van der Waals surface area contributed by atoms with E-state index in [4.69, 9.17) is 14.2 Å². The fourth-order valence-corrected chi connectivity index (χ4v) is 10.3. The van der Waals surface area contributed by atoms with Crippen molar-refractivity contribution in [3.63, 3.8) is 0 Å². The van der Waals surface area contributed by atoms with Gasteiger partial charge in [0.15, 0.2) is 0 Å². The number of aliphatic carboxylic acids is 1. The van der Waals surface area contributed by atoms with Crippen LogP contribution >= 0.6 is 0 Å². The summed E-state index contributed by atoms with van der Waals surface area (Å²) in [4.78, 5) is 34.0. The Morgan fingerprint density at radius 2 is 1.23 bits per heavy atom. The molecule has 4 aliphatic carbocycles. The molecule has 12 nitrogen and oxygen atoms in total. The van der Waals surface area contributed by atoms with Gasteiger partial charge in [0.2, 0.25) is 0 Å². The average Bonchev–Trinajstić information content (AvgIpc) is 3.31. The normalized spacial score (nSPS) is 36.1. The molecule has 0 aromatic heterocycles. The van der Waals surface area contributed by atoms with Crippen molar-refractivity contribution in [1.29, 1.82) is 0 Å². The van der Waals surface area contributed by atoms with E-state index < -0.39 is 54.6 Å². The van der Waals surface area contributed by atoms with Crippen LogP contribution < -0.4 is 10.6 Å². The van der Waals surface area contributed by atoms with Crippen LogP contribution in [0.25, 0.3) is 0 Å². The third kappa shape index (κ3) is 6.10. The molecule has 14 heteroatoms. The van der Waals surface area contributed by atoms with Crippen molar-refractivity contribution >= 4 is 37.8 Å². The van der Waals surface area contributed by atoms with E-state index in [-0.39, 0.29) is 34.2 Å². The third-order valence-corrected chi connectivity index (χ3v) is 12.2. The number of carbonyl (C=O) groups is 3. The minimum Gasteiger partial charge on any atom is -0.480 e. The molecule has 0 aromatic carbocycles. The molecular formula is C25H42N2O10S2. The summed E-state index contributed by atoms with van der Waals surface area (Å²) >= 11 is 0. The van der Waals surface area contributed by atoms with Crippen molar-refractivity contribution in [3.8, 4) is 0 Å². The fraction of sp³-hybridized carbons (Fsp3) is 0.880. The topological polar surface area (TPSA) is 204 Å². The number of carbonyl (C=O) groups excluding carboxylic acids is 2. The Balaban J connectivity index is 0.000000167. The molecule has 0 amide bonds. The highest BCUT2D eigenvalue weighted by molar-refractivity contribution is 7.86. The van der Waals surface area contributed by atoms with Crippen molar-refractivity contribution in [2.45, 2.75) is 72.3 Å². The molecule has 2 unspecified atom stereocenters. The van der Waals surface area contributed by atoms with Crippen molar-refractivity contribution in [2.24, 2.45) is 33.5 Å². The molecule has 1 saturated heterocycles. The Morgan fingerprint density at radius 1 is 0.821 bits per heavy atom. The van der Waals surface area contributed by atoms with Crippen molar-refractivity contribution < 1.29 is 45.4 Å². The Labute approximate surface area is 230 Å². The van der Waals surface area contributed by atoms with Gasteiger partial charge >= 0.3 is 5.97 Å². The van der Waals surface area contributed by atoms with Gasteiger partial charge in [-0.3, -0.25) is 23.5 Å². The summed E-state index contributed by atoms with van der Waals surface area (Å²) in [5, 5.41) is 14.3. The lowest BCUT2D eigenvalue weighted by atomic mass is 9.70. The van der Waals surface area contributed by atoms with E-state index >= 15 is 0 Å². The third-order valence-electron chi connectivity index (χ3n) is 10.5. The van der Waals surface area contributed by atoms with E-state index in [1.165, 1.54) is 0 Å². The van der Waals surface area contributed by atoms with Gasteiger partial charge < -0.3 is 15.7 Å². The molecule has 5 fully saturated rings. The molecular weight excluding hydrogens is 552 g/mol. The average molecular weight is 595 g/mol. The van der Waals surface area contributed by atoms with Crippen LogP contribution in [0.5, 0.6) is 0 Å². The van der Waals surface area contributed by atoms with Gasteiger partial charge in [-0.2, -0.15) is 16.8 Å². The standard InChI is InChI=1S/2C10H16O4S.C5H10N2O2/c2*1-9(2)7-3-4-10(9,8(11)5-7)6-15(12,13)14;8-5(9)4-3-6-1-2-7-4/h2*7H,3-6H2,1-2H3,(H,12,13,14);4,6-7H,1-3H2,(H,8,9)/t2*7?,10-;4-/m110/s1. The van der Waals surface area contributed by atoms with Gasteiger partial charge in [-0.25, -0.2) is 0 Å². The summed E-state index contributed by atoms with van der Waals surface area (Å²) in [6.45, 7) is 9.93. The maximum atomic E-state index is 11.9. The lowest BCUT2D eigenvalue weighted by molar-refractivity contribution is -0.139. The van der Waals surface area contributed by atoms with Crippen molar-refractivity contribution in [1.82, 2.24) is 10.6 Å².